The third-order valence-corrected chi connectivity index (χ3v) is 24.0. The van der Waals surface area contributed by atoms with E-state index in [-0.39, 0.29) is 41.1 Å². The van der Waals surface area contributed by atoms with Crippen LogP contribution in [0.15, 0.2) is 0 Å². The third kappa shape index (κ3) is 12.6. The Bertz CT molecular complexity index is 2520. The van der Waals surface area contributed by atoms with Gasteiger partial charge in [-0.1, -0.05) is 27.7 Å². The Labute approximate surface area is 537 Å². The molecule has 12 fully saturated rings. The van der Waals surface area contributed by atoms with Gasteiger partial charge in [0.2, 0.25) is 0 Å². The Morgan fingerprint density at radius 1 is 0.473 bits per heavy atom. The van der Waals surface area contributed by atoms with Crippen LogP contribution in [0.5, 0.6) is 0 Å². The summed E-state index contributed by atoms with van der Waals surface area (Å²) in [5.74, 6) is 1.24. The highest BCUT2D eigenvalue weighted by Crippen LogP contribution is 2.70. The number of aliphatic hydroxyl groups is 16. The molecule has 0 radical (unpaired) electrons. The monoisotopic (exact) mass is 1340 g/mol. The number of ketones is 1. The summed E-state index contributed by atoms with van der Waals surface area (Å²) in [5, 5.41) is 177. The number of carbonyl (C=O) groups is 1. The predicted molar refractivity (Wildman–Crippen MR) is 305 cm³/mol. The molecule has 0 aromatic heterocycles. The second kappa shape index (κ2) is 27.8. The summed E-state index contributed by atoms with van der Waals surface area (Å²) in [5.41, 5.74) is -0.669. The zero-order valence-electron chi connectivity index (χ0n) is 53.1. The minimum Gasteiger partial charge on any atom is -0.394 e. The number of rotatable bonds is 15. The van der Waals surface area contributed by atoms with Gasteiger partial charge in [-0.05, 0) is 93.8 Å². The first-order valence-corrected chi connectivity index (χ1v) is 33.4. The maximum Gasteiger partial charge on any atom is 0.187 e. The topological polar surface area (TPSA) is 470 Å². The molecule has 8 saturated heterocycles. The van der Waals surface area contributed by atoms with Crippen molar-refractivity contribution in [1.82, 2.24) is 0 Å². The van der Waals surface area contributed by atoms with Crippen LogP contribution in [0.3, 0.4) is 0 Å². The molecule has 8 aliphatic heterocycles. The van der Waals surface area contributed by atoms with E-state index in [0.717, 1.165) is 38.5 Å². The lowest BCUT2D eigenvalue weighted by atomic mass is 9.44. The van der Waals surface area contributed by atoms with E-state index in [1.807, 2.05) is 0 Å². The summed E-state index contributed by atoms with van der Waals surface area (Å²) < 4.78 is 85.0. The van der Waals surface area contributed by atoms with Crippen LogP contribution < -0.4 is 0 Å². The SMILES string of the molecule is CC1C2C(CC3C4CC[C@H]5C[C@@H](O[C@@H]6O[C@H](CO)[C@H](O[C@H]7O[C@H](CO)[C@@H](O[C@@H]8O[C@H](CO)[C@@H](O)[C@H](O[C@H]9O[C@H](C)[C@@H](O[C@H]%10O[C@H](C)[C@@H](O)[C@H](O)[C@@H]%10O)[C@H](O)[C@@H]9O)[C@H]8O[C@H]8OC[C@@H](O)[C@H](O)[C@H]8O)[C@H](O)[C@H]7O)[C@H](O)[C@H]6O)CC[C@]5(C)C4CC(=O)[C@@]32C)OC12CC[C@@H](C)CO2. The van der Waals surface area contributed by atoms with Crippen molar-refractivity contribution >= 4 is 5.78 Å². The summed E-state index contributed by atoms with van der Waals surface area (Å²) >= 11 is 0. The molecule has 4 saturated carbocycles. The molecule has 0 aromatic carbocycles. The fraction of sp³-hybridized carbons (Fsp3) is 0.984. The molecule has 0 bridgehead atoms. The predicted octanol–water partition coefficient (Wildman–Crippen LogP) is -5.39. The molecule has 31 nitrogen and oxygen atoms in total. The van der Waals surface area contributed by atoms with E-state index in [2.05, 4.69) is 27.7 Å². The molecule has 12 rings (SSSR count). The number of Topliss-reactive ketones (excluding diaryl/α,β-unsaturated/α-hetero) is 1. The van der Waals surface area contributed by atoms with E-state index < -0.39 is 222 Å². The van der Waals surface area contributed by atoms with Crippen molar-refractivity contribution in [3.63, 3.8) is 0 Å². The second-order valence-electron chi connectivity index (χ2n) is 29.3. The van der Waals surface area contributed by atoms with Crippen molar-refractivity contribution in [2.24, 2.45) is 52.3 Å². The van der Waals surface area contributed by atoms with Gasteiger partial charge in [0.1, 0.15) is 134 Å². The summed E-state index contributed by atoms with van der Waals surface area (Å²) in [6.45, 7) is 8.92. The van der Waals surface area contributed by atoms with Crippen LogP contribution in [0.4, 0.5) is 0 Å². The van der Waals surface area contributed by atoms with Crippen LogP contribution in [0.2, 0.25) is 0 Å². The molecule has 41 atom stereocenters. The van der Waals surface area contributed by atoms with Crippen LogP contribution in [0.1, 0.15) is 99.3 Å². The molecule has 0 aromatic rings. The first-order chi connectivity index (χ1) is 44.1. The quantitative estimate of drug-likeness (QED) is 0.0681. The van der Waals surface area contributed by atoms with Crippen molar-refractivity contribution in [3.8, 4) is 0 Å². The lowest BCUT2D eigenvalue weighted by Gasteiger charge is -2.60. The second-order valence-corrected chi connectivity index (χ2v) is 29.3. The van der Waals surface area contributed by atoms with E-state index >= 15 is 0 Å². The van der Waals surface area contributed by atoms with E-state index in [9.17, 15) is 86.5 Å². The number of carbonyl (C=O) groups excluding carboxylic acids is 1. The van der Waals surface area contributed by atoms with E-state index in [1.165, 1.54) is 13.8 Å². The largest absolute Gasteiger partial charge is 0.394 e. The van der Waals surface area contributed by atoms with Crippen LogP contribution in [-0.2, 0) is 71.1 Å². The van der Waals surface area contributed by atoms with Crippen LogP contribution >= 0.6 is 0 Å². The molecular formula is C62H100O31. The lowest BCUT2D eigenvalue weighted by Crippen LogP contribution is -2.69. The minimum absolute atomic E-state index is 0.0299. The highest BCUT2D eigenvalue weighted by atomic mass is 16.8. The highest BCUT2D eigenvalue weighted by molar-refractivity contribution is 5.87. The highest BCUT2D eigenvalue weighted by Gasteiger charge is 2.72. The average molecular weight is 1340 g/mol. The molecule has 8 heterocycles. The minimum atomic E-state index is -2.15. The van der Waals surface area contributed by atoms with Gasteiger partial charge < -0.3 is 148 Å². The molecule has 93 heavy (non-hydrogen) atoms. The van der Waals surface area contributed by atoms with Crippen molar-refractivity contribution in [3.05, 3.63) is 0 Å². The van der Waals surface area contributed by atoms with Gasteiger partial charge in [0.05, 0.1) is 57.5 Å². The van der Waals surface area contributed by atoms with Crippen molar-refractivity contribution in [2.45, 2.75) is 295 Å². The van der Waals surface area contributed by atoms with E-state index in [0.29, 0.717) is 43.5 Å². The fourth-order valence-electron chi connectivity index (χ4n) is 18.4. The Kier molecular flexibility index (Phi) is 21.3. The Morgan fingerprint density at radius 3 is 1.63 bits per heavy atom. The summed E-state index contributed by atoms with van der Waals surface area (Å²) in [4.78, 5) is 14.8. The zero-order chi connectivity index (χ0) is 66.8. The first kappa shape index (κ1) is 71.3. The Hall–Kier alpha value is -1.53. The first-order valence-electron chi connectivity index (χ1n) is 33.4. The molecule has 0 amide bonds. The lowest BCUT2D eigenvalue weighted by molar-refractivity contribution is -0.408. The molecule has 4 aliphatic carbocycles. The van der Waals surface area contributed by atoms with E-state index in [4.69, 9.17) is 66.3 Å². The molecule has 534 valence electrons. The smallest absolute Gasteiger partial charge is 0.187 e. The molecule has 31 heteroatoms. The number of aliphatic hydroxyl groups excluding tert-OH is 16. The van der Waals surface area contributed by atoms with Gasteiger partial charge >= 0.3 is 0 Å². The van der Waals surface area contributed by atoms with Gasteiger partial charge in [0, 0.05) is 30.1 Å². The third-order valence-electron chi connectivity index (χ3n) is 24.0. The average Bonchev–Trinajstić information content (AvgIpc) is 1.56. The van der Waals surface area contributed by atoms with Crippen molar-refractivity contribution in [1.29, 1.82) is 0 Å². The van der Waals surface area contributed by atoms with Gasteiger partial charge in [0.25, 0.3) is 0 Å². The molecular weight excluding hydrogens is 1240 g/mol. The van der Waals surface area contributed by atoms with Gasteiger partial charge in [-0.15, -0.1) is 0 Å². The molecule has 12 aliphatic rings. The normalized spacial score (nSPS) is 57.5. The molecule has 1 spiro atoms. The molecule has 7 unspecified atom stereocenters. The van der Waals surface area contributed by atoms with Gasteiger partial charge in [0.15, 0.2) is 43.5 Å². The van der Waals surface area contributed by atoms with Gasteiger partial charge in [-0.3, -0.25) is 4.79 Å². The standard InChI is InChI=1S/C62H100O31/c1-21-9-12-62(81-19-21)22(2)36-31(93-62)14-29-27-8-7-25-13-26(10-11-60(25,5)28(27)15-35(67)61(29,36)6)84-57-47(78)42(73)50(33(17-64)86-57)89-58-48(79)43(74)51(34(18-65)87-58)90-59-53(92-54-44(75)38(69)30(66)20-80-54)52(39(70)32(16-63)85-59)91-56-46(77)41(72)49(24(4)83-56)88-55-45(76)40(71)37(68)23(3)82-55/h21-34,36-59,63-66,68-79H,7-20H2,1-6H3/t21-,22?,23-,24-,25+,26+,27?,28?,29?,30-,31?,32-,33-,34-,36?,37-,38+,39-,40+,41-,42-,43-,44-,45+,46+,47-,48-,49-,50+,51-,52+,53-,54-,55-,56-,57-,58-,59+,60+,61-,62?/m1/s1. The van der Waals surface area contributed by atoms with Crippen LogP contribution in [-0.4, -0.2) is 317 Å². The zero-order valence-corrected chi connectivity index (χ0v) is 53.1. The van der Waals surface area contributed by atoms with E-state index in [1.54, 1.807) is 0 Å². The number of fused-ring (bicyclic) bond motifs is 7. The number of hydrogen-bond donors (Lipinski definition) is 16. The summed E-state index contributed by atoms with van der Waals surface area (Å²) in [6, 6.07) is 0. The van der Waals surface area contributed by atoms with Crippen molar-refractivity contribution < 1.29 is 153 Å². The summed E-state index contributed by atoms with van der Waals surface area (Å²) in [7, 11) is 0. The summed E-state index contributed by atoms with van der Waals surface area (Å²) in [6.07, 6.45) is -45.1. The maximum atomic E-state index is 14.8. The Balaban J connectivity index is 0.691. The van der Waals surface area contributed by atoms with Gasteiger partial charge in [-0.2, -0.15) is 0 Å². The van der Waals surface area contributed by atoms with Crippen LogP contribution in [0, 0.1) is 52.3 Å². The van der Waals surface area contributed by atoms with Crippen LogP contribution in [0.25, 0.3) is 0 Å². The van der Waals surface area contributed by atoms with Gasteiger partial charge in [-0.25, -0.2) is 0 Å². The maximum absolute atomic E-state index is 14.8. The molecule has 16 N–H and O–H groups in total. The van der Waals surface area contributed by atoms with Crippen molar-refractivity contribution in [2.75, 3.05) is 33.0 Å². The number of hydrogen-bond acceptors (Lipinski definition) is 31. The Morgan fingerprint density at radius 2 is 1.01 bits per heavy atom. The fourth-order valence-corrected chi connectivity index (χ4v) is 18.4. The number of ether oxygens (including phenoxy) is 14.